The first-order valence-electron chi connectivity index (χ1n) is 15.0. The molecule has 1 amide bonds. The number of piperazine rings is 1. The molecule has 220 valence electrons. The summed E-state index contributed by atoms with van der Waals surface area (Å²) in [5.41, 5.74) is 3.90. The maximum atomic E-state index is 12.9. The second-order valence-corrected chi connectivity index (χ2v) is 10.9. The number of carbonyl (C=O) groups is 1. The summed E-state index contributed by atoms with van der Waals surface area (Å²) in [7, 11) is 4.89. The zero-order chi connectivity index (χ0) is 28.9. The standard InChI is InChI=1S/C35H46N2O4/c1-39-32-25-28(26-33(40-2)35(32)41-3)27-36-21-23-37(24-22-36)34(38)20-14-6-4-5-13-19-31(29-15-9-7-10-16-29)30-17-11-8-12-18-30/h7-12,15-18,25-26,31H,4-6,13-14,19-24,27H2,1-3H3. The van der Waals surface area contributed by atoms with Gasteiger partial charge in [0.05, 0.1) is 21.3 Å². The smallest absolute Gasteiger partial charge is 0.222 e. The zero-order valence-electron chi connectivity index (χ0n) is 25.0. The van der Waals surface area contributed by atoms with Crippen LogP contribution in [0.25, 0.3) is 0 Å². The molecule has 3 aromatic carbocycles. The molecule has 0 aliphatic carbocycles. The van der Waals surface area contributed by atoms with E-state index in [1.165, 1.54) is 30.4 Å². The van der Waals surface area contributed by atoms with Crippen LogP contribution in [0.4, 0.5) is 0 Å². The first-order valence-corrected chi connectivity index (χ1v) is 15.0. The molecule has 4 rings (SSSR count). The second kappa shape index (κ2) is 16.1. The van der Waals surface area contributed by atoms with Crippen molar-refractivity contribution >= 4 is 5.91 Å². The molecule has 3 aromatic rings. The number of benzene rings is 3. The molecule has 0 spiro atoms. The topological polar surface area (TPSA) is 51.2 Å². The lowest BCUT2D eigenvalue weighted by Gasteiger charge is -2.35. The Morgan fingerprint density at radius 3 is 1.78 bits per heavy atom. The van der Waals surface area contributed by atoms with Crippen molar-refractivity contribution in [2.75, 3.05) is 47.5 Å². The highest BCUT2D eigenvalue weighted by molar-refractivity contribution is 5.76. The SMILES string of the molecule is COc1cc(CN2CCN(C(=O)CCCCCCCC(c3ccccc3)c3ccccc3)CC2)cc(OC)c1OC. The lowest BCUT2D eigenvalue weighted by molar-refractivity contribution is -0.133. The van der Waals surface area contributed by atoms with Gasteiger partial charge in [0.15, 0.2) is 11.5 Å². The largest absolute Gasteiger partial charge is 0.493 e. The van der Waals surface area contributed by atoms with Crippen molar-refractivity contribution in [2.24, 2.45) is 0 Å². The Hall–Kier alpha value is -3.51. The molecule has 0 aromatic heterocycles. The summed E-state index contributed by atoms with van der Waals surface area (Å²) < 4.78 is 16.4. The van der Waals surface area contributed by atoms with Gasteiger partial charge in [-0.3, -0.25) is 9.69 Å². The van der Waals surface area contributed by atoms with Crippen LogP contribution in [-0.2, 0) is 11.3 Å². The average molecular weight is 559 g/mol. The van der Waals surface area contributed by atoms with E-state index in [0.717, 1.165) is 57.5 Å². The van der Waals surface area contributed by atoms with Gasteiger partial charge in [0.1, 0.15) is 0 Å². The number of amides is 1. The number of carbonyl (C=O) groups excluding carboxylic acids is 1. The fraction of sp³-hybridized carbons (Fsp3) is 0.457. The van der Waals surface area contributed by atoms with Crippen LogP contribution < -0.4 is 14.2 Å². The van der Waals surface area contributed by atoms with Crippen LogP contribution in [0.1, 0.15) is 67.6 Å². The summed E-state index contributed by atoms with van der Waals surface area (Å²) in [6.07, 6.45) is 7.52. The maximum Gasteiger partial charge on any atom is 0.222 e. The molecule has 6 heteroatoms. The average Bonchev–Trinajstić information content (AvgIpc) is 3.03. The van der Waals surface area contributed by atoms with Crippen LogP contribution in [0.15, 0.2) is 72.8 Å². The highest BCUT2D eigenvalue weighted by Crippen LogP contribution is 2.38. The van der Waals surface area contributed by atoms with Crippen molar-refractivity contribution in [1.82, 2.24) is 9.80 Å². The number of unbranched alkanes of at least 4 members (excludes halogenated alkanes) is 4. The Bertz CT molecular complexity index is 1130. The minimum atomic E-state index is 0.297. The Morgan fingerprint density at radius 1 is 0.707 bits per heavy atom. The molecular weight excluding hydrogens is 512 g/mol. The third-order valence-electron chi connectivity index (χ3n) is 8.14. The molecule has 0 N–H and O–H groups in total. The predicted octanol–water partition coefficient (Wildman–Crippen LogP) is 6.92. The maximum absolute atomic E-state index is 12.9. The number of rotatable bonds is 15. The van der Waals surface area contributed by atoms with Gasteiger partial charge < -0.3 is 19.1 Å². The fourth-order valence-corrected chi connectivity index (χ4v) is 5.85. The molecule has 1 heterocycles. The molecule has 0 atom stereocenters. The Balaban J connectivity index is 1.13. The number of methoxy groups -OCH3 is 3. The van der Waals surface area contributed by atoms with Crippen molar-refractivity contribution < 1.29 is 19.0 Å². The Kier molecular flexibility index (Phi) is 11.9. The minimum absolute atomic E-state index is 0.297. The van der Waals surface area contributed by atoms with Gasteiger partial charge >= 0.3 is 0 Å². The summed E-state index contributed by atoms with van der Waals surface area (Å²) in [5, 5.41) is 0. The highest BCUT2D eigenvalue weighted by Gasteiger charge is 2.22. The zero-order valence-corrected chi connectivity index (χ0v) is 25.0. The molecule has 1 saturated heterocycles. The highest BCUT2D eigenvalue weighted by atomic mass is 16.5. The van der Waals surface area contributed by atoms with Gasteiger partial charge in [-0.2, -0.15) is 0 Å². The van der Waals surface area contributed by atoms with Crippen molar-refractivity contribution in [2.45, 2.75) is 57.4 Å². The van der Waals surface area contributed by atoms with Crippen LogP contribution in [0.3, 0.4) is 0 Å². The van der Waals surface area contributed by atoms with E-state index in [1.54, 1.807) is 21.3 Å². The molecule has 0 bridgehead atoms. The molecule has 6 nitrogen and oxygen atoms in total. The number of nitrogens with zero attached hydrogens (tertiary/aromatic N) is 2. The third kappa shape index (κ3) is 8.74. The fourth-order valence-electron chi connectivity index (χ4n) is 5.85. The van der Waals surface area contributed by atoms with E-state index in [4.69, 9.17) is 14.2 Å². The van der Waals surface area contributed by atoms with Gasteiger partial charge in [0.25, 0.3) is 0 Å². The summed E-state index contributed by atoms with van der Waals surface area (Å²) in [5.74, 6) is 2.69. The van der Waals surface area contributed by atoms with E-state index in [1.807, 2.05) is 17.0 Å². The van der Waals surface area contributed by atoms with Crippen LogP contribution in [-0.4, -0.2) is 63.2 Å². The molecule has 0 saturated carbocycles. The van der Waals surface area contributed by atoms with Crippen LogP contribution in [0, 0.1) is 0 Å². The minimum Gasteiger partial charge on any atom is -0.493 e. The predicted molar refractivity (Wildman–Crippen MR) is 165 cm³/mol. The molecule has 41 heavy (non-hydrogen) atoms. The third-order valence-corrected chi connectivity index (χ3v) is 8.14. The molecule has 1 aliphatic rings. The van der Waals surface area contributed by atoms with Gasteiger partial charge in [0, 0.05) is 45.1 Å². The summed E-state index contributed by atoms with van der Waals surface area (Å²) in [6.45, 7) is 4.08. The van der Waals surface area contributed by atoms with Crippen molar-refractivity contribution in [3.8, 4) is 17.2 Å². The van der Waals surface area contributed by atoms with Crippen molar-refractivity contribution in [3.05, 3.63) is 89.5 Å². The van der Waals surface area contributed by atoms with Crippen LogP contribution >= 0.6 is 0 Å². The van der Waals surface area contributed by atoms with E-state index in [9.17, 15) is 4.79 Å². The van der Waals surface area contributed by atoms with Gasteiger partial charge in [-0.25, -0.2) is 0 Å². The number of hydrogen-bond donors (Lipinski definition) is 0. The second-order valence-electron chi connectivity index (χ2n) is 10.9. The van der Waals surface area contributed by atoms with Gasteiger partial charge in [-0.05, 0) is 41.7 Å². The Labute approximate surface area is 246 Å². The van der Waals surface area contributed by atoms with E-state index in [-0.39, 0.29) is 0 Å². The summed E-state index contributed by atoms with van der Waals surface area (Å²) >= 11 is 0. The normalized spacial score (nSPS) is 13.8. The molecule has 0 radical (unpaired) electrons. The lowest BCUT2D eigenvalue weighted by atomic mass is 9.87. The summed E-state index contributed by atoms with van der Waals surface area (Å²) in [6, 6.07) is 25.7. The van der Waals surface area contributed by atoms with Crippen LogP contribution in [0.2, 0.25) is 0 Å². The van der Waals surface area contributed by atoms with E-state index >= 15 is 0 Å². The first-order chi connectivity index (χ1) is 20.1. The van der Waals surface area contributed by atoms with Crippen molar-refractivity contribution in [3.63, 3.8) is 0 Å². The van der Waals surface area contributed by atoms with E-state index in [0.29, 0.717) is 35.5 Å². The lowest BCUT2D eigenvalue weighted by Crippen LogP contribution is -2.48. The molecule has 1 fully saturated rings. The molecular formula is C35H46N2O4. The van der Waals surface area contributed by atoms with Gasteiger partial charge in [-0.15, -0.1) is 0 Å². The van der Waals surface area contributed by atoms with Crippen LogP contribution in [0.5, 0.6) is 17.2 Å². The van der Waals surface area contributed by atoms with E-state index in [2.05, 4.69) is 65.6 Å². The molecule has 1 aliphatic heterocycles. The van der Waals surface area contributed by atoms with Gasteiger partial charge in [0.2, 0.25) is 11.7 Å². The quantitative estimate of drug-likeness (QED) is 0.190. The number of hydrogen-bond acceptors (Lipinski definition) is 5. The Morgan fingerprint density at radius 2 is 1.24 bits per heavy atom. The van der Waals surface area contributed by atoms with Gasteiger partial charge in [-0.1, -0.05) is 86.3 Å². The monoisotopic (exact) mass is 558 g/mol. The first kappa shape index (κ1) is 30.4. The number of ether oxygens (including phenoxy) is 3. The van der Waals surface area contributed by atoms with E-state index < -0.39 is 0 Å². The summed E-state index contributed by atoms with van der Waals surface area (Å²) in [4.78, 5) is 17.3. The van der Waals surface area contributed by atoms with Crippen molar-refractivity contribution in [1.29, 1.82) is 0 Å². The molecule has 0 unspecified atom stereocenters.